The number of fused-ring (bicyclic) bond motifs is 3. The lowest BCUT2D eigenvalue weighted by atomic mass is 9.99. The molecule has 8 heteroatoms. The van der Waals surface area contributed by atoms with E-state index >= 15 is 0 Å². The van der Waals surface area contributed by atoms with E-state index in [-0.39, 0.29) is 24.0 Å². The third-order valence-electron chi connectivity index (χ3n) is 3.52. The van der Waals surface area contributed by atoms with Crippen LogP contribution in [0.4, 0.5) is 13.2 Å². The summed E-state index contributed by atoms with van der Waals surface area (Å²) < 4.78 is 39.5. The smallest absolute Gasteiger partial charge is 0.329 e. The third-order valence-corrected chi connectivity index (χ3v) is 3.97. The van der Waals surface area contributed by atoms with Crippen LogP contribution in [0.1, 0.15) is 27.5 Å². The van der Waals surface area contributed by atoms with Crippen LogP contribution in [0.25, 0.3) is 0 Å². The summed E-state index contributed by atoms with van der Waals surface area (Å²) in [6, 6.07) is 2.29. The third kappa shape index (κ3) is 2.31. The van der Waals surface area contributed by atoms with Gasteiger partial charge in [0.1, 0.15) is 0 Å². The molecule has 3 rings (SSSR count). The Morgan fingerprint density at radius 2 is 2.05 bits per heavy atom. The van der Waals surface area contributed by atoms with Crippen molar-refractivity contribution in [2.75, 3.05) is 19.6 Å². The van der Waals surface area contributed by atoms with Crippen molar-refractivity contribution < 1.29 is 18.0 Å². The lowest BCUT2D eigenvalue weighted by Crippen LogP contribution is -2.44. The highest BCUT2D eigenvalue weighted by Gasteiger charge is 2.45. The van der Waals surface area contributed by atoms with Gasteiger partial charge >= 0.3 is 6.18 Å². The van der Waals surface area contributed by atoms with Gasteiger partial charge in [0.2, 0.25) is 0 Å². The average Bonchev–Trinajstić information content (AvgIpc) is 2.62. The van der Waals surface area contributed by atoms with Gasteiger partial charge in [-0.05, 0) is 17.7 Å². The molecule has 1 amide bonds. The van der Waals surface area contributed by atoms with Crippen LogP contribution in [0.15, 0.2) is 16.6 Å². The average molecular weight is 372 g/mol. The summed E-state index contributed by atoms with van der Waals surface area (Å²) in [5.74, 6) is -0.513. The highest BCUT2D eigenvalue weighted by molar-refractivity contribution is 9.10. The molecule has 2 aliphatic rings. The summed E-state index contributed by atoms with van der Waals surface area (Å²) in [6.07, 6.45) is -4.52. The second-order valence-electron chi connectivity index (χ2n) is 4.63. The lowest BCUT2D eigenvalue weighted by Gasteiger charge is -2.30. The molecule has 0 aliphatic carbocycles. The fourth-order valence-electron chi connectivity index (χ4n) is 2.72. The minimum absolute atomic E-state index is 0. The Bertz CT molecular complexity index is 564. The Labute approximate surface area is 128 Å². The van der Waals surface area contributed by atoms with Gasteiger partial charge in [0.25, 0.3) is 5.91 Å². The lowest BCUT2D eigenvalue weighted by molar-refractivity contribution is -0.138. The fraction of sp³-hybridized carbons (Fsp3) is 0.417. The topological polar surface area (TPSA) is 32.3 Å². The predicted molar refractivity (Wildman–Crippen MR) is 73.0 cm³/mol. The molecule has 0 radical (unpaired) electrons. The van der Waals surface area contributed by atoms with Crippen LogP contribution in [0.2, 0.25) is 0 Å². The maximum absolute atomic E-state index is 13.1. The zero-order valence-electron chi connectivity index (χ0n) is 10.1. The van der Waals surface area contributed by atoms with Crippen LogP contribution in [0.5, 0.6) is 0 Å². The van der Waals surface area contributed by atoms with Gasteiger partial charge in [-0.1, -0.05) is 15.9 Å². The molecule has 0 bridgehead atoms. The second-order valence-corrected chi connectivity index (χ2v) is 5.55. The summed E-state index contributed by atoms with van der Waals surface area (Å²) >= 11 is 3.09. The summed E-state index contributed by atoms with van der Waals surface area (Å²) in [7, 11) is 0. The molecule has 3 nitrogen and oxygen atoms in total. The first-order chi connectivity index (χ1) is 8.89. The molecule has 1 saturated heterocycles. The molecule has 1 aromatic rings. The fourth-order valence-corrected chi connectivity index (χ4v) is 3.20. The van der Waals surface area contributed by atoms with Gasteiger partial charge in [0.05, 0.1) is 17.2 Å². The molecular weight excluding hydrogens is 360 g/mol. The van der Waals surface area contributed by atoms with E-state index in [0.29, 0.717) is 29.7 Å². The molecule has 110 valence electrons. The van der Waals surface area contributed by atoms with E-state index in [9.17, 15) is 18.0 Å². The summed E-state index contributed by atoms with van der Waals surface area (Å²) in [6.45, 7) is 1.54. The van der Waals surface area contributed by atoms with E-state index in [2.05, 4.69) is 21.2 Å². The van der Waals surface area contributed by atoms with Crippen LogP contribution in [0.3, 0.4) is 0 Å². The van der Waals surface area contributed by atoms with Gasteiger partial charge in [0.15, 0.2) is 0 Å². The number of rotatable bonds is 0. The van der Waals surface area contributed by atoms with Gasteiger partial charge in [-0.15, -0.1) is 12.4 Å². The number of halogens is 5. The minimum Gasteiger partial charge on any atom is -0.329 e. The molecule has 0 unspecified atom stereocenters. The monoisotopic (exact) mass is 370 g/mol. The molecule has 0 spiro atoms. The Balaban J connectivity index is 0.00000147. The zero-order valence-corrected chi connectivity index (χ0v) is 12.5. The quantitative estimate of drug-likeness (QED) is 0.760. The molecule has 2 aliphatic heterocycles. The largest absolute Gasteiger partial charge is 0.417 e. The number of hydrogen-bond donors (Lipinski definition) is 1. The summed E-state index contributed by atoms with van der Waals surface area (Å²) in [4.78, 5) is 13.7. The van der Waals surface area contributed by atoms with E-state index in [4.69, 9.17) is 0 Å². The Morgan fingerprint density at radius 1 is 1.35 bits per heavy atom. The summed E-state index contributed by atoms with van der Waals surface area (Å²) in [5.41, 5.74) is -0.584. The van der Waals surface area contributed by atoms with Gasteiger partial charge in [-0.2, -0.15) is 13.2 Å². The molecule has 1 N–H and O–H groups in total. The standard InChI is InChI=1S/C12H10BrF3N2O.ClH/c13-6-3-7-9-5-17-1-2-18(9)11(19)10(7)8(4-6)12(14,15)16;/h3-4,9,17H,1-2,5H2;1H/t9-;/m0./s1. The van der Waals surface area contributed by atoms with E-state index in [1.165, 1.54) is 4.90 Å². The first kappa shape index (κ1) is 15.6. The van der Waals surface area contributed by atoms with Gasteiger partial charge in [-0.25, -0.2) is 0 Å². The number of nitrogens with one attached hydrogen (secondary N) is 1. The van der Waals surface area contributed by atoms with Crippen LogP contribution >= 0.6 is 28.3 Å². The van der Waals surface area contributed by atoms with Crippen LogP contribution < -0.4 is 5.32 Å². The zero-order chi connectivity index (χ0) is 13.8. The van der Waals surface area contributed by atoms with Crippen molar-refractivity contribution in [3.05, 3.63) is 33.3 Å². The molecular formula is C12H11BrClF3N2O. The van der Waals surface area contributed by atoms with Crippen molar-refractivity contribution in [3.8, 4) is 0 Å². The molecule has 1 atom stereocenters. The molecule has 0 saturated carbocycles. The Hall–Kier alpha value is -0.790. The highest BCUT2D eigenvalue weighted by atomic mass is 79.9. The van der Waals surface area contributed by atoms with Gasteiger partial charge < -0.3 is 10.2 Å². The highest BCUT2D eigenvalue weighted by Crippen LogP contribution is 2.43. The van der Waals surface area contributed by atoms with Crippen molar-refractivity contribution in [2.45, 2.75) is 12.2 Å². The number of benzene rings is 1. The number of hydrogen-bond acceptors (Lipinski definition) is 2. The first-order valence-electron chi connectivity index (χ1n) is 5.82. The Kier molecular flexibility index (Phi) is 4.05. The minimum atomic E-state index is -4.52. The van der Waals surface area contributed by atoms with E-state index < -0.39 is 17.6 Å². The SMILES string of the molecule is Cl.O=C1c2c(cc(Br)cc2C(F)(F)F)[C@@H]2CNCCN12. The predicted octanol–water partition coefficient (Wildman–Crippen LogP) is 2.99. The second kappa shape index (κ2) is 5.20. The normalized spacial score (nSPS) is 21.3. The molecule has 20 heavy (non-hydrogen) atoms. The van der Waals surface area contributed by atoms with Crippen LogP contribution in [-0.2, 0) is 6.18 Å². The molecule has 2 heterocycles. The maximum Gasteiger partial charge on any atom is 0.417 e. The maximum atomic E-state index is 13.1. The number of nitrogens with zero attached hydrogens (tertiary/aromatic N) is 1. The number of carbonyl (C=O) groups excluding carboxylic acids is 1. The first-order valence-corrected chi connectivity index (χ1v) is 6.61. The van der Waals surface area contributed by atoms with Gasteiger partial charge in [-0.3, -0.25) is 4.79 Å². The molecule has 1 fully saturated rings. The van der Waals surface area contributed by atoms with Crippen molar-refractivity contribution in [1.29, 1.82) is 0 Å². The molecule has 0 aromatic heterocycles. The molecule has 1 aromatic carbocycles. The van der Waals surface area contributed by atoms with Gasteiger partial charge in [0, 0.05) is 24.1 Å². The van der Waals surface area contributed by atoms with E-state index in [0.717, 1.165) is 6.07 Å². The van der Waals surface area contributed by atoms with Crippen LogP contribution in [-0.4, -0.2) is 30.4 Å². The van der Waals surface area contributed by atoms with Crippen molar-refractivity contribution in [1.82, 2.24) is 10.2 Å². The number of piperazine rings is 1. The van der Waals surface area contributed by atoms with Crippen molar-refractivity contribution in [3.63, 3.8) is 0 Å². The Morgan fingerprint density at radius 3 is 2.70 bits per heavy atom. The van der Waals surface area contributed by atoms with Crippen LogP contribution in [0, 0.1) is 0 Å². The van der Waals surface area contributed by atoms with E-state index in [1.807, 2.05) is 0 Å². The number of amides is 1. The summed E-state index contributed by atoms with van der Waals surface area (Å²) in [5, 5.41) is 3.10. The van der Waals surface area contributed by atoms with Crippen molar-refractivity contribution >= 4 is 34.2 Å². The van der Waals surface area contributed by atoms with E-state index in [1.54, 1.807) is 6.07 Å². The number of carbonyl (C=O) groups is 1. The number of alkyl halides is 3. The van der Waals surface area contributed by atoms with Crippen molar-refractivity contribution in [2.24, 2.45) is 0 Å².